The standard InChI is InChI=1S/C18H28N6O4.ClH/c1-18(2,23-12-14(10-21-23)24(27)28)17(26)22-8-4-5-13(11-22)9-20-16(25)15-6-3-7-19-15;/h10,12-13,15,19H,3-9,11H2,1-2H3,(H,20,25);1H. The number of likely N-dealkylation sites (tertiary alicyclic amines) is 1. The molecule has 2 N–H and O–H groups in total. The molecule has 0 bridgehead atoms. The van der Waals surface area contributed by atoms with E-state index in [1.807, 2.05) is 0 Å². The number of nitrogens with one attached hydrogen (secondary N) is 2. The number of halogens is 1. The van der Waals surface area contributed by atoms with Crippen LogP contribution in [-0.4, -0.2) is 63.6 Å². The van der Waals surface area contributed by atoms with Crippen LogP contribution >= 0.6 is 12.4 Å². The number of carbonyl (C=O) groups is 2. The van der Waals surface area contributed by atoms with Crippen LogP contribution in [0.15, 0.2) is 12.4 Å². The molecule has 2 aliphatic heterocycles. The van der Waals surface area contributed by atoms with E-state index in [2.05, 4.69) is 15.7 Å². The van der Waals surface area contributed by atoms with Gasteiger partial charge in [-0.25, -0.2) is 0 Å². The number of nitro groups is 1. The van der Waals surface area contributed by atoms with E-state index in [1.54, 1.807) is 18.7 Å². The second-order valence-corrected chi connectivity index (χ2v) is 8.11. The van der Waals surface area contributed by atoms with Gasteiger partial charge in [-0.05, 0) is 52.0 Å². The zero-order chi connectivity index (χ0) is 20.3. The van der Waals surface area contributed by atoms with Gasteiger partial charge in [0, 0.05) is 19.6 Å². The smallest absolute Gasteiger partial charge is 0.307 e. The van der Waals surface area contributed by atoms with Crippen molar-refractivity contribution in [2.45, 2.75) is 51.1 Å². The summed E-state index contributed by atoms with van der Waals surface area (Å²) in [5, 5.41) is 21.1. The number of nitrogens with zero attached hydrogens (tertiary/aromatic N) is 4. The SMILES string of the molecule is CC(C)(C(=O)N1CCCC(CNC(=O)C2CCCN2)C1)n1cc([N+](=O)[O-])cn1.Cl. The molecule has 2 unspecified atom stereocenters. The van der Waals surface area contributed by atoms with Crippen LogP contribution in [0.3, 0.4) is 0 Å². The Hall–Kier alpha value is -2.20. The normalized spacial score (nSPS) is 22.1. The van der Waals surface area contributed by atoms with Gasteiger partial charge in [0.15, 0.2) is 0 Å². The lowest BCUT2D eigenvalue weighted by molar-refractivity contribution is -0.385. The molecule has 10 nitrogen and oxygen atoms in total. The Morgan fingerprint density at radius 2 is 2.14 bits per heavy atom. The second-order valence-electron chi connectivity index (χ2n) is 8.11. The Bertz CT molecular complexity index is 746. The third kappa shape index (κ3) is 5.24. The minimum atomic E-state index is -1.02. The first kappa shape index (κ1) is 23.1. The molecule has 11 heteroatoms. The van der Waals surface area contributed by atoms with Gasteiger partial charge in [0.2, 0.25) is 11.8 Å². The van der Waals surface area contributed by atoms with Crippen molar-refractivity contribution in [2.75, 3.05) is 26.2 Å². The van der Waals surface area contributed by atoms with E-state index >= 15 is 0 Å². The van der Waals surface area contributed by atoms with Crippen LogP contribution in [0.5, 0.6) is 0 Å². The quantitative estimate of drug-likeness (QED) is 0.516. The number of carbonyl (C=O) groups excluding carboxylic acids is 2. The van der Waals surface area contributed by atoms with Gasteiger partial charge in [-0.3, -0.25) is 24.4 Å². The molecule has 0 aromatic carbocycles. The largest absolute Gasteiger partial charge is 0.354 e. The molecule has 0 aliphatic carbocycles. The van der Waals surface area contributed by atoms with Crippen LogP contribution in [0.2, 0.25) is 0 Å². The van der Waals surface area contributed by atoms with Crippen LogP contribution in [0, 0.1) is 16.0 Å². The van der Waals surface area contributed by atoms with Crippen molar-refractivity contribution in [3.8, 4) is 0 Å². The molecular formula is C18H29ClN6O4. The zero-order valence-corrected chi connectivity index (χ0v) is 17.6. The first-order chi connectivity index (χ1) is 13.3. The highest BCUT2D eigenvalue weighted by atomic mass is 35.5. The fourth-order valence-corrected chi connectivity index (χ4v) is 3.89. The fourth-order valence-electron chi connectivity index (χ4n) is 3.89. The molecular weight excluding hydrogens is 400 g/mol. The Morgan fingerprint density at radius 3 is 2.76 bits per heavy atom. The minimum absolute atomic E-state index is 0. The summed E-state index contributed by atoms with van der Waals surface area (Å²) in [6.07, 6.45) is 6.14. The van der Waals surface area contributed by atoms with Gasteiger partial charge in [0.1, 0.15) is 17.9 Å². The van der Waals surface area contributed by atoms with Gasteiger partial charge in [0.05, 0.1) is 11.0 Å². The van der Waals surface area contributed by atoms with Gasteiger partial charge in [-0.1, -0.05) is 0 Å². The van der Waals surface area contributed by atoms with E-state index in [9.17, 15) is 19.7 Å². The third-order valence-electron chi connectivity index (χ3n) is 5.62. The molecule has 0 radical (unpaired) electrons. The predicted octanol–water partition coefficient (Wildman–Crippen LogP) is 1.06. The number of hydrogen-bond acceptors (Lipinski definition) is 6. The minimum Gasteiger partial charge on any atom is -0.354 e. The number of rotatable bonds is 6. The maximum Gasteiger partial charge on any atom is 0.307 e. The van der Waals surface area contributed by atoms with Crippen LogP contribution in [0.4, 0.5) is 5.69 Å². The summed E-state index contributed by atoms with van der Waals surface area (Å²) < 4.78 is 1.35. The van der Waals surface area contributed by atoms with Crippen LogP contribution in [-0.2, 0) is 15.1 Å². The van der Waals surface area contributed by atoms with Crippen molar-refractivity contribution >= 4 is 29.9 Å². The first-order valence-electron chi connectivity index (χ1n) is 9.79. The predicted molar refractivity (Wildman–Crippen MR) is 109 cm³/mol. The molecule has 3 heterocycles. The van der Waals surface area contributed by atoms with Crippen LogP contribution < -0.4 is 10.6 Å². The first-order valence-corrected chi connectivity index (χ1v) is 9.79. The maximum atomic E-state index is 13.1. The lowest BCUT2D eigenvalue weighted by Crippen LogP contribution is -2.52. The molecule has 2 atom stereocenters. The highest BCUT2D eigenvalue weighted by Crippen LogP contribution is 2.24. The summed E-state index contributed by atoms with van der Waals surface area (Å²) in [5.41, 5.74) is -1.16. The molecule has 1 aromatic heterocycles. The average molecular weight is 429 g/mol. The maximum absolute atomic E-state index is 13.1. The molecule has 2 aliphatic rings. The molecule has 2 fully saturated rings. The zero-order valence-electron chi connectivity index (χ0n) is 16.8. The van der Waals surface area contributed by atoms with Gasteiger partial charge in [-0.15, -0.1) is 12.4 Å². The van der Waals surface area contributed by atoms with Crippen LogP contribution in [0.1, 0.15) is 39.5 Å². The fraction of sp³-hybridized carbons (Fsp3) is 0.722. The molecule has 1 aromatic rings. The van der Waals surface area contributed by atoms with E-state index in [-0.39, 0.29) is 41.9 Å². The Kier molecular flexibility index (Phi) is 7.59. The Balaban J connectivity index is 0.00000300. The molecule has 29 heavy (non-hydrogen) atoms. The van der Waals surface area contributed by atoms with Crippen molar-refractivity contribution in [2.24, 2.45) is 5.92 Å². The van der Waals surface area contributed by atoms with Crippen molar-refractivity contribution in [3.05, 3.63) is 22.5 Å². The molecule has 2 amide bonds. The monoisotopic (exact) mass is 428 g/mol. The summed E-state index contributed by atoms with van der Waals surface area (Å²) >= 11 is 0. The van der Waals surface area contributed by atoms with Crippen molar-refractivity contribution in [1.82, 2.24) is 25.3 Å². The lowest BCUT2D eigenvalue weighted by Gasteiger charge is -2.37. The molecule has 0 saturated carbocycles. The third-order valence-corrected chi connectivity index (χ3v) is 5.62. The number of hydrogen-bond donors (Lipinski definition) is 2. The summed E-state index contributed by atoms with van der Waals surface area (Å²) in [7, 11) is 0. The summed E-state index contributed by atoms with van der Waals surface area (Å²) in [6.45, 7) is 6.05. The van der Waals surface area contributed by atoms with E-state index < -0.39 is 10.5 Å². The number of aromatic nitrogens is 2. The van der Waals surface area contributed by atoms with Crippen LogP contribution in [0.25, 0.3) is 0 Å². The van der Waals surface area contributed by atoms with Gasteiger partial charge < -0.3 is 15.5 Å². The molecule has 162 valence electrons. The Labute approximate surface area is 175 Å². The van der Waals surface area contributed by atoms with Crippen molar-refractivity contribution < 1.29 is 14.5 Å². The van der Waals surface area contributed by atoms with E-state index in [4.69, 9.17) is 0 Å². The molecule has 2 saturated heterocycles. The summed E-state index contributed by atoms with van der Waals surface area (Å²) in [6, 6.07) is -0.101. The summed E-state index contributed by atoms with van der Waals surface area (Å²) in [4.78, 5) is 37.4. The second kappa shape index (κ2) is 9.53. The highest BCUT2D eigenvalue weighted by molar-refractivity contribution is 5.85. The van der Waals surface area contributed by atoms with E-state index in [1.165, 1.54) is 10.9 Å². The van der Waals surface area contributed by atoms with Crippen molar-refractivity contribution in [3.63, 3.8) is 0 Å². The highest BCUT2D eigenvalue weighted by Gasteiger charge is 2.37. The average Bonchev–Trinajstić information content (AvgIpc) is 3.37. The van der Waals surface area contributed by atoms with Gasteiger partial charge in [-0.2, -0.15) is 5.10 Å². The summed E-state index contributed by atoms with van der Waals surface area (Å²) in [5.74, 6) is 0.106. The molecule has 3 rings (SSSR count). The van der Waals surface area contributed by atoms with E-state index in [0.29, 0.717) is 19.6 Å². The Morgan fingerprint density at radius 1 is 1.38 bits per heavy atom. The van der Waals surface area contributed by atoms with Gasteiger partial charge >= 0.3 is 5.69 Å². The number of amides is 2. The lowest BCUT2D eigenvalue weighted by atomic mass is 9.95. The topological polar surface area (TPSA) is 122 Å². The molecule has 0 spiro atoms. The van der Waals surface area contributed by atoms with Gasteiger partial charge in [0.25, 0.3) is 0 Å². The number of piperidine rings is 1. The van der Waals surface area contributed by atoms with Crippen molar-refractivity contribution in [1.29, 1.82) is 0 Å². The van der Waals surface area contributed by atoms with E-state index in [0.717, 1.165) is 38.4 Å².